The van der Waals surface area contributed by atoms with Gasteiger partial charge in [0.2, 0.25) is 0 Å². The molecular formula is C27H30N2O5S. The monoisotopic (exact) mass is 494 g/mol. The maximum absolute atomic E-state index is 13.7. The highest BCUT2D eigenvalue weighted by Crippen LogP contribution is 2.37. The number of piperidine rings is 1. The van der Waals surface area contributed by atoms with Gasteiger partial charge in [-0.1, -0.05) is 66.7 Å². The zero-order chi connectivity index (χ0) is 24.9. The van der Waals surface area contributed by atoms with Crippen LogP contribution in [0.4, 0.5) is 0 Å². The number of hydrogen-bond donors (Lipinski definition) is 2. The van der Waals surface area contributed by atoms with Crippen molar-refractivity contribution in [2.24, 2.45) is 0 Å². The molecule has 184 valence electrons. The Morgan fingerprint density at radius 1 is 0.886 bits per heavy atom. The van der Waals surface area contributed by atoms with Crippen molar-refractivity contribution in [3.8, 4) is 22.3 Å². The van der Waals surface area contributed by atoms with E-state index in [1.54, 1.807) is 36.9 Å². The van der Waals surface area contributed by atoms with E-state index in [1.807, 2.05) is 42.5 Å². The highest BCUT2D eigenvalue weighted by Gasteiger charge is 2.52. The normalized spacial score (nSPS) is 16.1. The van der Waals surface area contributed by atoms with Crippen LogP contribution in [0.15, 0.2) is 83.8 Å². The number of nitrogens with one attached hydrogen (secondary N) is 1. The first-order valence-electron chi connectivity index (χ1n) is 11.6. The lowest BCUT2D eigenvalue weighted by atomic mass is 9.95. The Kier molecular flexibility index (Phi) is 7.66. The van der Waals surface area contributed by atoms with Crippen LogP contribution < -0.4 is 5.48 Å². The summed E-state index contributed by atoms with van der Waals surface area (Å²) < 4.78 is 30.7. The third-order valence-electron chi connectivity index (χ3n) is 6.80. The number of rotatable bonds is 8. The van der Waals surface area contributed by atoms with Crippen molar-refractivity contribution >= 4 is 15.7 Å². The fourth-order valence-electron chi connectivity index (χ4n) is 4.62. The number of ether oxygens (including phenoxy) is 1. The maximum Gasteiger partial charge on any atom is 0.265 e. The van der Waals surface area contributed by atoms with Crippen LogP contribution in [0.5, 0.6) is 0 Å². The van der Waals surface area contributed by atoms with E-state index in [4.69, 9.17) is 4.74 Å². The van der Waals surface area contributed by atoms with E-state index < -0.39 is 20.5 Å². The van der Waals surface area contributed by atoms with E-state index in [2.05, 4.69) is 17.0 Å². The van der Waals surface area contributed by atoms with Crippen LogP contribution in [0, 0.1) is 0 Å². The Hall–Kier alpha value is -3.04. The number of benzene rings is 3. The number of carbonyl (C=O) groups is 1. The highest BCUT2D eigenvalue weighted by molar-refractivity contribution is 7.93. The van der Waals surface area contributed by atoms with E-state index >= 15 is 0 Å². The molecule has 1 aliphatic rings. The van der Waals surface area contributed by atoms with Gasteiger partial charge < -0.3 is 9.64 Å². The topological polar surface area (TPSA) is 95.9 Å². The quantitative estimate of drug-likeness (QED) is 0.366. The first kappa shape index (κ1) is 25.1. The molecule has 4 rings (SSSR count). The molecule has 0 saturated carbocycles. The molecule has 2 N–H and O–H groups in total. The summed E-state index contributed by atoms with van der Waals surface area (Å²) in [5.74, 6) is -0.885. The predicted octanol–water partition coefficient (Wildman–Crippen LogP) is 3.78. The highest BCUT2D eigenvalue weighted by atomic mass is 32.2. The van der Waals surface area contributed by atoms with E-state index in [-0.39, 0.29) is 17.7 Å². The number of hydroxylamine groups is 1. The second kappa shape index (κ2) is 10.7. The molecule has 1 heterocycles. The lowest BCUT2D eigenvalue weighted by Crippen LogP contribution is -2.58. The smallest absolute Gasteiger partial charge is 0.265 e. The predicted molar refractivity (Wildman–Crippen MR) is 135 cm³/mol. The molecule has 1 saturated heterocycles. The van der Waals surface area contributed by atoms with Gasteiger partial charge in [-0.2, -0.15) is 0 Å². The Bertz CT molecular complexity index is 1230. The largest absolute Gasteiger partial charge is 0.383 e. The molecule has 0 radical (unpaired) electrons. The van der Waals surface area contributed by atoms with Crippen LogP contribution in [0.1, 0.15) is 12.8 Å². The average molecular weight is 495 g/mol. The molecule has 8 heteroatoms. The minimum Gasteiger partial charge on any atom is -0.383 e. The Balaban J connectivity index is 1.56. The van der Waals surface area contributed by atoms with Crippen LogP contribution in [0.2, 0.25) is 0 Å². The summed E-state index contributed by atoms with van der Waals surface area (Å²) in [6.07, 6.45) is 0.183. The number of carbonyl (C=O) groups excluding carboxylic acids is 1. The number of methoxy groups -OCH3 is 1. The minimum atomic E-state index is -4.05. The summed E-state index contributed by atoms with van der Waals surface area (Å²) in [7, 11) is -2.44. The van der Waals surface area contributed by atoms with Gasteiger partial charge in [-0.05, 0) is 47.2 Å². The molecule has 3 aromatic rings. The van der Waals surface area contributed by atoms with Gasteiger partial charge in [0.1, 0.15) is 0 Å². The van der Waals surface area contributed by atoms with Crippen molar-refractivity contribution in [3.05, 3.63) is 78.9 Å². The van der Waals surface area contributed by atoms with Crippen LogP contribution in [-0.4, -0.2) is 62.5 Å². The molecule has 1 amide bonds. The van der Waals surface area contributed by atoms with Crippen LogP contribution in [0.25, 0.3) is 22.3 Å². The van der Waals surface area contributed by atoms with Gasteiger partial charge in [-0.3, -0.25) is 10.0 Å². The van der Waals surface area contributed by atoms with Gasteiger partial charge in [0.25, 0.3) is 5.91 Å². The Morgan fingerprint density at radius 3 is 1.86 bits per heavy atom. The van der Waals surface area contributed by atoms with Gasteiger partial charge in [0.15, 0.2) is 14.6 Å². The summed E-state index contributed by atoms with van der Waals surface area (Å²) in [6, 6.07) is 24.7. The molecule has 1 aliphatic heterocycles. The van der Waals surface area contributed by atoms with Crippen molar-refractivity contribution in [3.63, 3.8) is 0 Å². The molecule has 3 aromatic carbocycles. The maximum atomic E-state index is 13.7. The number of nitrogens with zero attached hydrogens (tertiary/aromatic N) is 1. The fourth-order valence-corrected chi connectivity index (χ4v) is 6.57. The summed E-state index contributed by atoms with van der Waals surface area (Å²) in [6.45, 7) is 2.02. The van der Waals surface area contributed by atoms with Crippen molar-refractivity contribution in [2.75, 3.05) is 33.4 Å². The first-order valence-corrected chi connectivity index (χ1v) is 13.1. The minimum absolute atomic E-state index is 0.0658. The first-order chi connectivity index (χ1) is 16.9. The van der Waals surface area contributed by atoms with E-state index in [0.717, 1.165) is 22.3 Å². The third-order valence-corrected chi connectivity index (χ3v) is 9.31. The molecule has 1 fully saturated rings. The lowest BCUT2D eigenvalue weighted by molar-refractivity contribution is -0.133. The van der Waals surface area contributed by atoms with E-state index in [0.29, 0.717) is 26.2 Å². The van der Waals surface area contributed by atoms with Crippen LogP contribution >= 0.6 is 0 Å². The molecule has 0 bridgehead atoms. The molecular weight excluding hydrogens is 464 g/mol. The van der Waals surface area contributed by atoms with Gasteiger partial charge in [-0.15, -0.1) is 0 Å². The number of hydrogen-bond acceptors (Lipinski definition) is 6. The summed E-state index contributed by atoms with van der Waals surface area (Å²) >= 11 is 0. The van der Waals surface area contributed by atoms with Gasteiger partial charge in [0.05, 0.1) is 11.5 Å². The van der Waals surface area contributed by atoms with Crippen molar-refractivity contribution in [1.29, 1.82) is 0 Å². The fraction of sp³-hybridized carbons (Fsp3) is 0.296. The zero-order valence-corrected chi connectivity index (χ0v) is 20.5. The lowest BCUT2D eigenvalue weighted by Gasteiger charge is -2.39. The standard InChI is InChI=1S/C27H30N2O5S/c1-34-20-19-29-17-15-27(16-18-29,26(30)28-31)35(32,33)25-13-11-24(12-14-25)23-9-7-22(8-10-23)21-5-3-2-4-6-21/h2-14,31H,15-20H2,1H3,(H,28,30). The number of amides is 1. The summed E-state index contributed by atoms with van der Waals surface area (Å²) in [5.41, 5.74) is 5.66. The van der Waals surface area contributed by atoms with E-state index in [9.17, 15) is 18.4 Å². The Labute approximate surface area is 206 Å². The van der Waals surface area contributed by atoms with Gasteiger partial charge in [0, 0.05) is 26.7 Å². The molecule has 0 spiro atoms. The molecule has 0 unspecified atom stereocenters. The van der Waals surface area contributed by atoms with Crippen molar-refractivity contribution in [1.82, 2.24) is 10.4 Å². The zero-order valence-electron chi connectivity index (χ0n) is 19.7. The second-order valence-corrected chi connectivity index (χ2v) is 11.0. The van der Waals surface area contributed by atoms with Gasteiger partial charge in [-0.25, -0.2) is 13.9 Å². The molecule has 0 aliphatic carbocycles. The number of likely N-dealkylation sites (tertiary alicyclic amines) is 1. The molecule has 7 nitrogen and oxygen atoms in total. The Morgan fingerprint density at radius 2 is 1.37 bits per heavy atom. The second-order valence-electron chi connectivity index (χ2n) is 8.74. The molecule has 35 heavy (non-hydrogen) atoms. The summed E-state index contributed by atoms with van der Waals surface area (Å²) in [5, 5.41) is 9.37. The van der Waals surface area contributed by atoms with Crippen molar-refractivity contribution < 1.29 is 23.2 Å². The van der Waals surface area contributed by atoms with Crippen LogP contribution in [-0.2, 0) is 19.4 Å². The van der Waals surface area contributed by atoms with Gasteiger partial charge >= 0.3 is 0 Å². The summed E-state index contributed by atoms with van der Waals surface area (Å²) in [4.78, 5) is 14.8. The average Bonchev–Trinajstić information content (AvgIpc) is 2.92. The van der Waals surface area contributed by atoms with Crippen LogP contribution in [0.3, 0.4) is 0 Å². The van der Waals surface area contributed by atoms with E-state index in [1.165, 1.54) is 0 Å². The molecule has 0 aromatic heterocycles. The number of sulfone groups is 1. The SMILES string of the molecule is COCCN1CCC(C(=O)NO)(S(=O)(=O)c2ccc(-c3ccc(-c4ccccc4)cc3)cc2)CC1. The van der Waals surface area contributed by atoms with Crippen molar-refractivity contribution in [2.45, 2.75) is 22.5 Å². The third kappa shape index (κ3) is 5.01. The molecule has 0 atom stereocenters.